The van der Waals surface area contributed by atoms with Crippen LogP contribution in [0.2, 0.25) is 0 Å². The maximum absolute atomic E-state index is 14.2. The van der Waals surface area contributed by atoms with Gasteiger partial charge in [0.2, 0.25) is 10.0 Å². The minimum absolute atomic E-state index is 0.0419. The summed E-state index contributed by atoms with van der Waals surface area (Å²) >= 11 is 0. The van der Waals surface area contributed by atoms with Crippen molar-refractivity contribution in [3.8, 4) is 11.3 Å². The molecular weight excluding hydrogens is 438 g/mol. The van der Waals surface area contributed by atoms with Crippen molar-refractivity contribution in [3.63, 3.8) is 0 Å². The van der Waals surface area contributed by atoms with Gasteiger partial charge in [0.25, 0.3) is 5.92 Å². The van der Waals surface area contributed by atoms with Crippen molar-refractivity contribution in [3.05, 3.63) is 42.7 Å². The SMILES string of the molecule is CN(c1ccc(-c2cc3nccnc3c(NC[C@@H]3CNCCC3(F)F)n2)cc1)S(C)(=O)=O. The smallest absolute Gasteiger partial charge is 0.255 e. The van der Waals surface area contributed by atoms with Crippen LogP contribution in [0.25, 0.3) is 22.3 Å². The monoisotopic (exact) mass is 462 g/mol. The molecule has 170 valence electrons. The number of piperidine rings is 1. The largest absolute Gasteiger partial charge is 0.368 e. The molecule has 0 spiro atoms. The highest BCUT2D eigenvalue weighted by Gasteiger charge is 2.41. The molecule has 8 nitrogen and oxygen atoms in total. The Bertz CT molecular complexity index is 1220. The Hall–Kier alpha value is -2.92. The van der Waals surface area contributed by atoms with Crippen molar-refractivity contribution in [2.75, 3.05) is 42.6 Å². The summed E-state index contributed by atoms with van der Waals surface area (Å²) in [6, 6.07) is 8.63. The quantitative estimate of drug-likeness (QED) is 0.581. The molecule has 0 amide bonds. The summed E-state index contributed by atoms with van der Waals surface area (Å²) in [5, 5.41) is 6.06. The molecule has 0 aliphatic carbocycles. The fraction of sp³-hybridized carbons (Fsp3) is 0.381. The Kier molecular flexibility index (Phi) is 5.95. The van der Waals surface area contributed by atoms with Crippen LogP contribution in [0.4, 0.5) is 20.3 Å². The predicted molar refractivity (Wildman–Crippen MR) is 120 cm³/mol. The van der Waals surface area contributed by atoms with E-state index < -0.39 is 21.9 Å². The molecule has 0 bridgehead atoms. The maximum Gasteiger partial charge on any atom is 0.255 e. The van der Waals surface area contributed by atoms with Gasteiger partial charge < -0.3 is 10.6 Å². The van der Waals surface area contributed by atoms with E-state index in [1.807, 2.05) is 0 Å². The molecule has 0 saturated carbocycles. The summed E-state index contributed by atoms with van der Waals surface area (Å²) in [7, 11) is -1.90. The van der Waals surface area contributed by atoms with Crippen molar-refractivity contribution >= 4 is 32.6 Å². The highest BCUT2D eigenvalue weighted by Crippen LogP contribution is 2.32. The van der Waals surface area contributed by atoms with Crippen molar-refractivity contribution in [2.45, 2.75) is 12.3 Å². The average Bonchev–Trinajstić information content (AvgIpc) is 2.76. The highest BCUT2D eigenvalue weighted by molar-refractivity contribution is 7.92. The maximum atomic E-state index is 14.2. The topological polar surface area (TPSA) is 100 Å². The van der Waals surface area contributed by atoms with Crippen LogP contribution in [0, 0.1) is 5.92 Å². The lowest BCUT2D eigenvalue weighted by Crippen LogP contribution is -2.47. The number of pyridine rings is 1. The van der Waals surface area contributed by atoms with Gasteiger partial charge in [-0.05, 0) is 18.2 Å². The molecular formula is C21H24F2N6O2S. The van der Waals surface area contributed by atoms with Crippen LogP contribution in [0.3, 0.4) is 0 Å². The number of aromatic nitrogens is 3. The van der Waals surface area contributed by atoms with Gasteiger partial charge in [-0.1, -0.05) is 12.1 Å². The molecule has 1 aromatic carbocycles. The van der Waals surface area contributed by atoms with E-state index in [4.69, 9.17) is 0 Å². The first-order chi connectivity index (χ1) is 15.1. The fourth-order valence-electron chi connectivity index (χ4n) is 3.60. The Labute approximate surface area is 185 Å². The van der Waals surface area contributed by atoms with Crippen molar-refractivity contribution < 1.29 is 17.2 Å². The van der Waals surface area contributed by atoms with E-state index in [1.165, 1.54) is 17.5 Å². The molecule has 32 heavy (non-hydrogen) atoms. The van der Waals surface area contributed by atoms with E-state index in [0.29, 0.717) is 34.8 Å². The van der Waals surface area contributed by atoms with Crippen LogP contribution in [0.5, 0.6) is 0 Å². The number of anilines is 2. The van der Waals surface area contributed by atoms with E-state index >= 15 is 0 Å². The summed E-state index contributed by atoms with van der Waals surface area (Å²) in [4.78, 5) is 13.3. The fourth-order valence-corrected chi connectivity index (χ4v) is 4.11. The van der Waals surface area contributed by atoms with E-state index in [2.05, 4.69) is 25.6 Å². The zero-order valence-corrected chi connectivity index (χ0v) is 18.5. The molecule has 1 aliphatic heterocycles. The van der Waals surface area contributed by atoms with Crippen LogP contribution in [-0.4, -0.2) is 62.2 Å². The van der Waals surface area contributed by atoms with Gasteiger partial charge in [-0.25, -0.2) is 27.2 Å². The summed E-state index contributed by atoms with van der Waals surface area (Å²) in [5.41, 5.74) is 2.89. The molecule has 1 atom stereocenters. The number of nitrogens with zero attached hydrogens (tertiary/aromatic N) is 4. The van der Waals surface area contributed by atoms with Crippen LogP contribution in [0.1, 0.15) is 6.42 Å². The lowest BCUT2D eigenvalue weighted by atomic mass is 9.95. The molecule has 4 rings (SSSR count). The molecule has 2 N–H and O–H groups in total. The zero-order valence-electron chi connectivity index (χ0n) is 17.7. The first kappa shape index (κ1) is 22.3. The Morgan fingerprint density at radius 3 is 2.62 bits per heavy atom. The van der Waals surface area contributed by atoms with Crippen molar-refractivity contribution in [1.29, 1.82) is 0 Å². The third-order valence-electron chi connectivity index (χ3n) is 5.62. The second kappa shape index (κ2) is 8.55. The normalized spacial score (nSPS) is 18.4. The predicted octanol–water partition coefficient (Wildman–Crippen LogP) is 2.74. The molecule has 0 unspecified atom stereocenters. The Morgan fingerprint density at radius 2 is 1.94 bits per heavy atom. The third kappa shape index (κ3) is 4.63. The molecule has 11 heteroatoms. The summed E-state index contributed by atoms with van der Waals surface area (Å²) in [5.74, 6) is -3.23. The Balaban J connectivity index is 1.65. The van der Waals surface area contributed by atoms with Crippen molar-refractivity contribution in [2.24, 2.45) is 5.92 Å². The van der Waals surface area contributed by atoms with Gasteiger partial charge in [0.15, 0.2) is 5.82 Å². The molecule has 2 aromatic heterocycles. The van der Waals surface area contributed by atoms with Gasteiger partial charge in [-0.2, -0.15) is 0 Å². The van der Waals surface area contributed by atoms with E-state index in [9.17, 15) is 17.2 Å². The summed E-state index contributed by atoms with van der Waals surface area (Å²) in [6.07, 6.45) is 4.02. The molecule has 1 aliphatic rings. The molecule has 3 heterocycles. The molecule has 3 aromatic rings. The van der Waals surface area contributed by atoms with Crippen LogP contribution in [0.15, 0.2) is 42.7 Å². The first-order valence-electron chi connectivity index (χ1n) is 10.1. The van der Waals surface area contributed by atoms with E-state index in [0.717, 1.165) is 11.8 Å². The summed E-state index contributed by atoms with van der Waals surface area (Å²) < 4.78 is 53.2. The van der Waals surface area contributed by atoms with E-state index in [1.54, 1.807) is 36.5 Å². The lowest BCUT2D eigenvalue weighted by molar-refractivity contribution is -0.0728. The number of alkyl halides is 2. The standard InChI is InChI=1S/C21H24F2N6O2S/c1-29(32(2,30)31)16-5-3-14(4-6-16)17-11-18-19(26-10-9-25-18)20(28-17)27-13-15-12-24-8-7-21(15,22)23/h3-6,9-11,15,24H,7-8,12-13H2,1-2H3,(H,27,28)/t15-/m0/s1. The van der Waals surface area contributed by atoms with Crippen LogP contribution >= 0.6 is 0 Å². The number of fused-ring (bicyclic) bond motifs is 1. The molecule has 0 radical (unpaired) electrons. The van der Waals surface area contributed by atoms with Gasteiger partial charge >= 0.3 is 0 Å². The van der Waals surface area contributed by atoms with E-state index in [-0.39, 0.29) is 19.5 Å². The minimum atomic E-state index is -3.37. The Morgan fingerprint density at radius 1 is 1.22 bits per heavy atom. The zero-order chi connectivity index (χ0) is 22.9. The van der Waals surface area contributed by atoms with Crippen molar-refractivity contribution in [1.82, 2.24) is 20.3 Å². The second-order valence-corrected chi connectivity index (χ2v) is 9.86. The number of sulfonamides is 1. The minimum Gasteiger partial charge on any atom is -0.368 e. The van der Waals surface area contributed by atoms with Gasteiger partial charge in [-0.3, -0.25) is 9.29 Å². The molecule has 1 saturated heterocycles. The number of hydrogen-bond donors (Lipinski definition) is 2. The second-order valence-electron chi connectivity index (χ2n) is 7.85. The highest BCUT2D eigenvalue weighted by atomic mass is 32.2. The van der Waals surface area contributed by atoms with Gasteiger partial charge in [-0.15, -0.1) is 0 Å². The molecule has 1 fully saturated rings. The number of nitrogens with one attached hydrogen (secondary N) is 2. The number of rotatable bonds is 6. The number of benzene rings is 1. The van der Waals surface area contributed by atoms with Gasteiger partial charge in [0.05, 0.1) is 29.1 Å². The third-order valence-corrected chi connectivity index (χ3v) is 6.83. The first-order valence-corrected chi connectivity index (χ1v) is 12.0. The average molecular weight is 463 g/mol. The number of halogens is 2. The van der Waals surface area contributed by atoms with Crippen LogP contribution < -0.4 is 14.9 Å². The lowest BCUT2D eigenvalue weighted by Gasteiger charge is -2.32. The number of hydrogen-bond acceptors (Lipinski definition) is 7. The van der Waals surface area contributed by atoms with Gasteiger partial charge in [0.1, 0.15) is 5.52 Å². The van der Waals surface area contributed by atoms with Crippen LogP contribution in [-0.2, 0) is 10.0 Å². The van der Waals surface area contributed by atoms with Gasteiger partial charge in [0, 0.05) is 51.1 Å². The summed E-state index contributed by atoms with van der Waals surface area (Å²) in [6.45, 7) is 0.564.